The summed E-state index contributed by atoms with van der Waals surface area (Å²) in [5.74, 6) is -1.14. The molecule has 6 heteroatoms. The SMILES string of the molecule is CC.Cc1cnc(N)c(OC(C)c2cc(F)ccc2C(=O)O)c1. The Kier molecular flexibility index (Phi) is 6.50. The maximum Gasteiger partial charge on any atom is 0.336 e. The number of hydrogen-bond acceptors (Lipinski definition) is 4. The van der Waals surface area contributed by atoms with Gasteiger partial charge < -0.3 is 15.6 Å². The maximum absolute atomic E-state index is 13.4. The van der Waals surface area contributed by atoms with Crippen LogP contribution < -0.4 is 10.5 Å². The van der Waals surface area contributed by atoms with Crippen LogP contribution in [-0.4, -0.2) is 16.1 Å². The number of hydrogen-bond donors (Lipinski definition) is 2. The molecule has 124 valence electrons. The first kappa shape index (κ1) is 18.4. The van der Waals surface area contributed by atoms with Crippen LogP contribution in [0, 0.1) is 12.7 Å². The Hall–Kier alpha value is -2.63. The lowest BCUT2D eigenvalue weighted by Crippen LogP contribution is -2.11. The number of anilines is 1. The fourth-order valence-corrected chi connectivity index (χ4v) is 1.97. The molecular weight excluding hydrogens is 299 g/mol. The molecule has 0 aliphatic heterocycles. The second-order valence-electron chi connectivity index (χ2n) is 4.69. The standard InChI is InChI=1S/C15H15FN2O3.C2H6/c1-8-5-13(14(17)18-7-8)21-9(2)12-6-10(16)3-4-11(12)15(19)20;1-2/h3-7,9H,1-2H3,(H2,17,18)(H,19,20);1-2H3. The first-order chi connectivity index (χ1) is 10.9. The number of aromatic carboxylic acids is 1. The summed E-state index contributed by atoms with van der Waals surface area (Å²) in [4.78, 5) is 15.2. The second-order valence-corrected chi connectivity index (χ2v) is 4.69. The smallest absolute Gasteiger partial charge is 0.336 e. The van der Waals surface area contributed by atoms with Crippen LogP contribution in [0.4, 0.5) is 10.2 Å². The number of ether oxygens (including phenoxy) is 1. The molecule has 23 heavy (non-hydrogen) atoms. The minimum atomic E-state index is -1.14. The molecule has 2 rings (SSSR count). The molecule has 1 atom stereocenters. The molecule has 0 amide bonds. The van der Waals surface area contributed by atoms with Gasteiger partial charge in [-0.2, -0.15) is 0 Å². The van der Waals surface area contributed by atoms with Crippen LogP contribution in [0.5, 0.6) is 5.75 Å². The highest BCUT2D eigenvalue weighted by molar-refractivity contribution is 5.89. The number of aryl methyl sites for hydroxylation is 1. The quantitative estimate of drug-likeness (QED) is 0.890. The van der Waals surface area contributed by atoms with E-state index in [0.717, 1.165) is 17.7 Å². The molecule has 0 fully saturated rings. The Labute approximate surface area is 134 Å². The van der Waals surface area contributed by atoms with E-state index in [0.29, 0.717) is 5.75 Å². The van der Waals surface area contributed by atoms with Gasteiger partial charge in [0.15, 0.2) is 11.6 Å². The van der Waals surface area contributed by atoms with Crippen molar-refractivity contribution in [3.63, 3.8) is 0 Å². The predicted molar refractivity (Wildman–Crippen MR) is 87.1 cm³/mol. The van der Waals surface area contributed by atoms with Crippen molar-refractivity contribution in [2.24, 2.45) is 0 Å². The van der Waals surface area contributed by atoms with Crippen LogP contribution in [0.25, 0.3) is 0 Å². The zero-order valence-corrected chi connectivity index (χ0v) is 13.6. The minimum absolute atomic E-state index is 0.0110. The summed E-state index contributed by atoms with van der Waals surface area (Å²) in [5, 5.41) is 9.16. The highest BCUT2D eigenvalue weighted by Gasteiger charge is 2.19. The van der Waals surface area contributed by atoms with Gasteiger partial charge in [0.1, 0.15) is 11.9 Å². The highest BCUT2D eigenvalue weighted by Crippen LogP contribution is 2.28. The van der Waals surface area contributed by atoms with E-state index >= 15 is 0 Å². The second kappa shape index (κ2) is 8.12. The first-order valence-electron chi connectivity index (χ1n) is 7.30. The maximum atomic E-state index is 13.4. The van der Waals surface area contributed by atoms with Gasteiger partial charge in [-0.3, -0.25) is 0 Å². The van der Waals surface area contributed by atoms with Crippen molar-refractivity contribution < 1.29 is 19.0 Å². The number of nitrogen functional groups attached to an aromatic ring is 1. The summed E-state index contributed by atoms with van der Waals surface area (Å²) < 4.78 is 19.0. The minimum Gasteiger partial charge on any atom is -0.482 e. The van der Waals surface area contributed by atoms with Crippen LogP contribution >= 0.6 is 0 Å². The van der Waals surface area contributed by atoms with Crippen LogP contribution in [0.15, 0.2) is 30.5 Å². The molecule has 1 heterocycles. The Bertz CT molecular complexity index is 690. The Balaban J connectivity index is 0.00000127. The lowest BCUT2D eigenvalue weighted by Gasteiger charge is -2.18. The number of carboxylic acid groups (broad SMARTS) is 1. The van der Waals surface area contributed by atoms with E-state index in [1.807, 2.05) is 20.8 Å². The molecule has 0 saturated carbocycles. The van der Waals surface area contributed by atoms with E-state index in [-0.39, 0.29) is 16.9 Å². The van der Waals surface area contributed by atoms with E-state index in [1.54, 1.807) is 19.2 Å². The number of halogens is 1. The lowest BCUT2D eigenvalue weighted by atomic mass is 10.0. The van der Waals surface area contributed by atoms with Crippen molar-refractivity contribution in [1.82, 2.24) is 4.98 Å². The van der Waals surface area contributed by atoms with Gasteiger partial charge in [-0.25, -0.2) is 14.2 Å². The Morgan fingerprint density at radius 3 is 2.61 bits per heavy atom. The summed E-state index contributed by atoms with van der Waals surface area (Å²) in [6, 6.07) is 5.15. The molecule has 1 aromatic heterocycles. The normalized spacial score (nSPS) is 11.2. The highest BCUT2D eigenvalue weighted by atomic mass is 19.1. The van der Waals surface area contributed by atoms with Gasteiger partial charge in [0, 0.05) is 11.8 Å². The van der Waals surface area contributed by atoms with Gasteiger partial charge in [0.2, 0.25) is 0 Å². The molecular formula is C17H21FN2O3. The summed E-state index contributed by atoms with van der Waals surface area (Å²) in [6.45, 7) is 7.46. The van der Waals surface area contributed by atoms with Gasteiger partial charge in [0.05, 0.1) is 5.56 Å². The third-order valence-corrected chi connectivity index (χ3v) is 3.00. The number of pyridine rings is 1. The largest absolute Gasteiger partial charge is 0.482 e. The Morgan fingerprint density at radius 2 is 2.00 bits per heavy atom. The molecule has 5 nitrogen and oxygen atoms in total. The van der Waals surface area contributed by atoms with Crippen molar-refractivity contribution in [3.8, 4) is 5.75 Å². The number of nitrogens with two attached hydrogens (primary N) is 1. The molecule has 0 aliphatic rings. The zero-order chi connectivity index (χ0) is 17.6. The number of rotatable bonds is 4. The monoisotopic (exact) mass is 320 g/mol. The fourth-order valence-electron chi connectivity index (χ4n) is 1.97. The average Bonchev–Trinajstić information content (AvgIpc) is 2.52. The number of aromatic nitrogens is 1. The van der Waals surface area contributed by atoms with Crippen molar-refractivity contribution in [2.75, 3.05) is 5.73 Å². The summed E-state index contributed by atoms with van der Waals surface area (Å²) >= 11 is 0. The zero-order valence-electron chi connectivity index (χ0n) is 13.6. The van der Waals surface area contributed by atoms with Crippen molar-refractivity contribution in [2.45, 2.75) is 33.8 Å². The van der Waals surface area contributed by atoms with Crippen molar-refractivity contribution in [3.05, 3.63) is 53.0 Å². The van der Waals surface area contributed by atoms with Gasteiger partial charge in [0.25, 0.3) is 0 Å². The van der Waals surface area contributed by atoms with Crippen LogP contribution in [0.2, 0.25) is 0 Å². The van der Waals surface area contributed by atoms with E-state index in [9.17, 15) is 9.18 Å². The van der Waals surface area contributed by atoms with Gasteiger partial charge in [-0.1, -0.05) is 13.8 Å². The molecule has 1 unspecified atom stereocenters. The number of carbonyl (C=O) groups is 1. The fraction of sp³-hybridized carbons (Fsp3) is 0.294. The predicted octanol–water partition coefficient (Wildman–Crippen LogP) is 3.98. The molecule has 0 saturated heterocycles. The van der Waals surface area contributed by atoms with E-state index in [2.05, 4.69) is 4.98 Å². The lowest BCUT2D eigenvalue weighted by molar-refractivity contribution is 0.0691. The van der Waals surface area contributed by atoms with Crippen LogP contribution in [-0.2, 0) is 0 Å². The van der Waals surface area contributed by atoms with Crippen molar-refractivity contribution in [1.29, 1.82) is 0 Å². The summed E-state index contributed by atoms with van der Waals surface area (Å²) in [7, 11) is 0. The van der Waals surface area contributed by atoms with E-state index < -0.39 is 17.9 Å². The molecule has 3 N–H and O–H groups in total. The molecule has 0 aliphatic carbocycles. The third-order valence-electron chi connectivity index (χ3n) is 3.00. The molecule has 2 aromatic rings. The van der Waals surface area contributed by atoms with Gasteiger partial charge in [-0.05, 0) is 43.7 Å². The molecule has 0 radical (unpaired) electrons. The Morgan fingerprint density at radius 1 is 1.35 bits per heavy atom. The average molecular weight is 320 g/mol. The number of benzene rings is 1. The first-order valence-corrected chi connectivity index (χ1v) is 7.30. The third kappa shape index (κ3) is 4.67. The van der Waals surface area contributed by atoms with Crippen molar-refractivity contribution >= 4 is 11.8 Å². The van der Waals surface area contributed by atoms with Gasteiger partial charge >= 0.3 is 5.97 Å². The van der Waals surface area contributed by atoms with E-state index in [4.69, 9.17) is 15.6 Å². The number of nitrogens with zero attached hydrogens (tertiary/aromatic N) is 1. The molecule has 0 bridgehead atoms. The topological polar surface area (TPSA) is 85.4 Å². The van der Waals surface area contributed by atoms with Gasteiger partial charge in [-0.15, -0.1) is 0 Å². The summed E-state index contributed by atoms with van der Waals surface area (Å²) in [6.07, 6.45) is 0.912. The van der Waals surface area contributed by atoms with Crippen LogP contribution in [0.3, 0.4) is 0 Å². The number of carboxylic acids is 1. The van der Waals surface area contributed by atoms with Crippen LogP contribution in [0.1, 0.15) is 48.4 Å². The van der Waals surface area contributed by atoms with E-state index in [1.165, 1.54) is 6.07 Å². The molecule has 0 spiro atoms. The molecule has 1 aromatic carbocycles. The summed E-state index contributed by atoms with van der Waals surface area (Å²) in [5.41, 5.74) is 6.80.